The second-order valence-corrected chi connectivity index (χ2v) is 12.1. The van der Waals surface area contributed by atoms with Crippen LogP contribution in [0.5, 0.6) is 11.5 Å². The zero-order valence-corrected chi connectivity index (χ0v) is 26.7. The molecule has 238 valence electrons. The quantitative estimate of drug-likeness (QED) is 0.286. The van der Waals surface area contributed by atoms with Crippen molar-refractivity contribution in [2.24, 2.45) is 7.05 Å². The monoisotopic (exact) mass is 610 g/mol. The fourth-order valence-electron chi connectivity index (χ4n) is 5.27. The van der Waals surface area contributed by atoms with Crippen molar-refractivity contribution in [2.45, 2.75) is 72.2 Å². The van der Waals surface area contributed by atoms with Crippen molar-refractivity contribution in [3.8, 4) is 11.5 Å². The van der Waals surface area contributed by atoms with Crippen LogP contribution in [0.25, 0.3) is 11.2 Å². The average Bonchev–Trinajstić information content (AvgIpc) is 3.35. The average molecular weight is 611 g/mol. The highest BCUT2D eigenvalue weighted by Gasteiger charge is 2.29. The Balaban J connectivity index is 1.78. The van der Waals surface area contributed by atoms with Gasteiger partial charge in [0, 0.05) is 32.7 Å². The van der Waals surface area contributed by atoms with Crippen LogP contribution in [0.2, 0.25) is 0 Å². The SMILES string of the molecule is COc1cccc(C(=O)Cn2c(=O)c3c(nc(N4CCCC(NC(=O)OC(C)(C)C)C4)n3CC=C(C)C)n(C)c2=O)c1OC. The number of hydrogen-bond donors (Lipinski definition) is 1. The number of Topliss-reactive ketones (excluding diaryl/α,β-unsaturated/α-hetero) is 1. The number of carbonyl (C=O) groups excluding carboxylic acids is 2. The van der Waals surface area contributed by atoms with Crippen molar-refractivity contribution in [1.82, 2.24) is 24.0 Å². The first kappa shape index (κ1) is 32.4. The van der Waals surface area contributed by atoms with Crippen LogP contribution in [-0.2, 0) is 24.9 Å². The Bertz CT molecular complexity index is 1710. The number of para-hydroxylation sites is 1. The van der Waals surface area contributed by atoms with Gasteiger partial charge in [-0.15, -0.1) is 0 Å². The molecule has 44 heavy (non-hydrogen) atoms. The van der Waals surface area contributed by atoms with Gasteiger partial charge in [-0.1, -0.05) is 17.7 Å². The Morgan fingerprint density at radius 2 is 1.84 bits per heavy atom. The number of piperidine rings is 1. The molecule has 0 saturated carbocycles. The number of amides is 1. The Morgan fingerprint density at radius 3 is 2.48 bits per heavy atom. The summed E-state index contributed by atoms with van der Waals surface area (Å²) in [6, 6.07) is 4.66. The van der Waals surface area contributed by atoms with Crippen molar-refractivity contribution in [1.29, 1.82) is 0 Å². The third-order valence-corrected chi connectivity index (χ3v) is 7.32. The first-order valence-electron chi connectivity index (χ1n) is 14.6. The van der Waals surface area contributed by atoms with E-state index < -0.39 is 35.3 Å². The van der Waals surface area contributed by atoms with E-state index in [4.69, 9.17) is 19.2 Å². The van der Waals surface area contributed by atoms with Crippen LogP contribution >= 0.6 is 0 Å². The lowest BCUT2D eigenvalue weighted by molar-refractivity contribution is 0.0499. The van der Waals surface area contributed by atoms with Gasteiger partial charge in [-0.3, -0.25) is 18.7 Å². The molecule has 0 bridgehead atoms. The predicted molar refractivity (Wildman–Crippen MR) is 167 cm³/mol. The van der Waals surface area contributed by atoms with E-state index in [1.807, 2.05) is 45.6 Å². The molecule has 1 N–H and O–H groups in total. The van der Waals surface area contributed by atoms with Gasteiger partial charge in [-0.25, -0.2) is 9.59 Å². The Hall–Kier alpha value is -4.55. The number of fused-ring (bicyclic) bond motifs is 1. The number of alkyl carbamates (subject to hydrolysis) is 1. The molecule has 13 nitrogen and oxygen atoms in total. The molecule has 3 aromatic rings. The molecule has 1 aromatic carbocycles. The number of aromatic nitrogens is 4. The van der Waals surface area contributed by atoms with Gasteiger partial charge in [-0.2, -0.15) is 4.98 Å². The maximum Gasteiger partial charge on any atom is 0.407 e. The molecule has 0 spiro atoms. The Labute approximate surface area is 256 Å². The highest BCUT2D eigenvalue weighted by Crippen LogP contribution is 2.31. The summed E-state index contributed by atoms with van der Waals surface area (Å²) in [6.07, 6.45) is 2.99. The summed E-state index contributed by atoms with van der Waals surface area (Å²) in [5.41, 5.74) is -0.281. The molecule has 1 fully saturated rings. The van der Waals surface area contributed by atoms with Crippen molar-refractivity contribution in [2.75, 3.05) is 32.2 Å². The first-order chi connectivity index (χ1) is 20.7. The molecule has 1 unspecified atom stereocenters. The molecule has 2 aromatic heterocycles. The van der Waals surface area contributed by atoms with Crippen LogP contribution in [0.4, 0.5) is 10.7 Å². The van der Waals surface area contributed by atoms with Gasteiger partial charge in [0.25, 0.3) is 5.56 Å². The summed E-state index contributed by atoms with van der Waals surface area (Å²) >= 11 is 0. The minimum atomic E-state index is -0.667. The number of ether oxygens (including phenoxy) is 3. The smallest absolute Gasteiger partial charge is 0.407 e. The molecule has 4 rings (SSSR count). The van der Waals surface area contributed by atoms with E-state index in [2.05, 4.69) is 5.32 Å². The first-order valence-corrected chi connectivity index (χ1v) is 14.6. The predicted octanol–water partition coefficient (Wildman–Crippen LogP) is 3.26. The van der Waals surface area contributed by atoms with Crippen molar-refractivity contribution >= 4 is 29.0 Å². The lowest BCUT2D eigenvalue weighted by atomic mass is 10.1. The van der Waals surface area contributed by atoms with Crippen molar-refractivity contribution in [3.05, 3.63) is 56.2 Å². The molecule has 1 aliphatic heterocycles. The van der Waals surface area contributed by atoms with E-state index in [1.165, 1.54) is 25.8 Å². The fourth-order valence-corrected chi connectivity index (χ4v) is 5.27. The molecule has 1 amide bonds. The molecule has 1 saturated heterocycles. The van der Waals surface area contributed by atoms with Gasteiger partial charge in [-0.05, 0) is 59.6 Å². The fraction of sp³-hybridized carbons (Fsp3) is 0.516. The second kappa shape index (κ2) is 13.0. The van der Waals surface area contributed by atoms with E-state index in [-0.39, 0.29) is 28.5 Å². The van der Waals surface area contributed by atoms with Crippen molar-refractivity contribution < 1.29 is 23.8 Å². The number of allylic oxidation sites excluding steroid dienone is 2. The number of hydrogen-bond acceptors (Lipinski definition) is 9. The number of nitrogens with zero attached hydrogens (tertiary/aromatic N) is 5. The van der Waals surface area contributed by atoms with E-state index in [0.717, 1.165) is 23.0 Å². The van der Waals surface area contributed by atoms with E-state index >= 15 is 0 Å². The minimum Gasteiger partial charge on any atom is -0.493 e. The molecule has 3 heterocycles. The number of ketones is 1. The van der Waals surface area contributed by atoms with E-state index in [0.29, 0.717) is 31.3 Å². The number of methoxy groups -OCH3 is 2. The number of imidazole rings is 1. The number of aryl methyl sites for hydroxylation is 1. The summed E-state index contributed by atoms with van der Waals surface area (Å²) in [5, 5.41) is 2.94. The van der Waals surface area contributed by atoms with E-state index in [1.54, 1.807) is 22.8 Å². The third kappa shape index (κ3) is 6.81. The maximum atomic E-state index is 14.0. The number of anilines is 1. The molecular formula is C31H42N6O7. The lowest BCUT2D eigenvalue weighted by Gasteiger charge is -2.34. The molecule has 1 atom stereocenters. The highest BCUT2D eigenvalue weighted by molar-refractivity contribution is 5.99. The minimum absolute atomic E-state index is 0.191. The van der Waals surface area contributed by atoms with Gasteiger partial charge in [0.05, 0.1) is 26.3 Å². The van der Waals surface area contributed by atoms with Gasteiger partial charge < -0.3 is 29.0 Å². The zero-order chi connectivity index (χ0) is 32.3. The molecule has 0 radical (unpaired) electrons. The topological polar surface area (TPSA) is 139 Å². The zero-order valence-electron chi connectivity index (χ0n) is 26.7. The normalized spacial score (nSPS) is 15.2. The number of nitrogens with one attached hydrogen (secondary N) is 1. The summed E-state index contributed by atoms with van der Waals surface area (Å²) in [6.45, 7) is 10.2. The lowest BCUT2D eigenvalue weighted by Crippen LogP contribution is -2.49. The maximum absolute atomic E-state index is 14.0. The van der Waals surface area contributed by atoms with Crippen LogP contribution in [0.1, 0.15) is 57.8 Å². The third-order valence-electron chi connectivity index (χ3n) is 7.32. The molecule has 1 aliphatic rings. The Kier molecular flexibility index (Phi) is 9.55. The van der Waals surface area contributed by atoms with Gasteiger partial charge in [0.15, 0.2) is 28.4 Å². The van der Waals surface area contributed by atoms with E-state index in [9.17, 15) is 19.2 Å². The van der Waals surface area contributed by atoms with Gasteiger partial charge >= 0.3 is 11.8 Å². The van der Waals surface area contributed by atoms with Crippen LogP contribution < -0.4 is 30.9 Å². The summed E-state index contributed by atoms with van der Waals surface area (Å²) in [4.78, 5) is 60.2. The van der Waals surface area contributed by atoms with Crippen LogP contribution in [0.15, 0.2) is 39.4 Å². The summed E-state index contributed by atoms with van der Waals surface area (Å²) < 4.78 is 20.1. The number of carbonyl (C=O) groups is 2. The van der Waals surface area contributed by atoms with Crippen LogP contribution in [-0.4, -0.2) is 69.5 Å². The molecule has 13 heteroatoms. The highest BCUT2D eigenvalue weighted by atomic mass is 16.6. The Morgan fingerprint density at radius 1 is 1.11 bits per heavy atom. The standard InChI is InChI=1S/C31H42N6O7/c1-19(2)14-16-36-24-26(33-28(36)35-15-10-11-20(17-35)32-29(40)44-31(3,4)5)34(6)30(41)37(27(24)39)18-22(38)21-12-9-13-23(42-7)25(21)43-8/h9,12-14,20H,10-11,15-18H2,1-8H3,(H,32,40). The number of rotatable bonds is 9. The number of benzene rings is 1. The molecule has 0 aliphatic carbocycles. The summed E-state index contributed by atoms with van der Waals surface area (Å²) in [7, 11) is 4.41. The second-order valence-electron chi connectivity index (χ2n) is 12.1. The van der Waals surface area contributed by atoms with Crippen molar-refractivity contribution in [3.63, 3.8) is 0 Å². The van der Waals surface area contributed by atoms with Gasteiger partial charge in [0.2, 0.25) is 5.95 Å². The molecular weight excluding hydrogens is 568 g/mol. The summed E-state index contributed by atoms with van der Waals surface area (Å²) in [5.74, 6) is 0.599. The van der Waals surface area contributed by atoms with Gasteiger partial charge in [0.1, 0.15) is 5.60 Å². The largest absolute Gasteiger partial charge is 0.493 e. The van der Waals surface area contributed by atoms with Crippen LogP contribution in [0.3, 0.4) is 0 Å². The van der Waals surface area contributed by atoms with Crippen LogP contribution in [0, 0.1) is 0 Å².